The molecule has 124 valence electrons. The highest BCUT2D eigenvalue weighted by atomic mass is 15.3. The van der Waals surface area contributed by atoms with E-state index in [-0.39, 0.29) is 0 Å². The van der Waals surface area contributed by atoms with Crippen molar-refractivity contribution >= 4 is 0 Å². The van der Waals surface area contributed by atoms with Crippen LogP contribution in [0.3, 0.4) is 0 Å². The summed E-state index contributed by atoms with van der Waals surface area (Å²) in [6.45, 7) is 6.25. The van der Waals surface area contributed by atoms with E-state index < -0.39 is 0 Å². The molecule has 0 radical (unpaired) electrons. The second kappa shape index (κ2) is 7.70. The molecule has 0 amide bonds. The van der Waals surface area contributed by atoms with Crippen LogP contribution in [0, 0.1) is 5.92 Å². The highest BCUT2D eigenvalue weighted by molar-refractivity contribution is 5.17. The lowest BCUT2D eigenvalue weighted by Gasteiger charge is -2.25. The van der Waals surface area contributed by atoms with Crippen molar-refractivity contribution in [2.75, 3.05) is 20.1 Å². The SMILES string of the molecule is CCCn1cc(CNC[C@@H]2CCN(C)[C@H]2c2cccnc2)cn1. The molecule has 1 N–H and O–H groups in total. The van der Waals surface area contributed by atoms with Gasteiger partial charge in [0.15, 0.2) is 0 Å². The van der Waals surface area contributed by atoms with Gasteiger partial charge in [0.05, 0.1) is 6.20 Å². The highest BCUT2D eigenvalue weighted by Crippen LogP contribution is 2.35. The number of hydrogen-bond acceptors (Lipinski definition) is 4. The van der Waals surface area contributed by atoms with Gasteiger partial charge in [-0.2, -0.15) is 5.10 Å². The van der Waals surface area contributed by atoms with Crippen molar-refractivity contribution < 1.29 is 0 Å². The molecule has 0 aromatic carbocycles. The first-order valence-corrected chi connectivity index (χ1v) is 8.60. The maximum atomic E-state index is 4.39. The van der Waals surface area contributed by atoms with E-state index in [0.717, 1.165) is 32.6 Å². The monoisotopic (exact) mass is 313 g/mol. The smallest absolute Gasteiger partial charge is 0.0534 e. The van der Waals surface area contributed by atoms with Gasteiger partial charge in [-0.1, -0.05) is 13.0 Å². The first kappa shape index (κ1) is 16.1. The van der Waals surface area contributed by atoms with Crippen LogP contribution in [-0.2, 0) is 13.1 Å². The Balaban J connectivity index is 1.54. The molecule has 0 unspecified atom stereocenters. The molecule has 5 nitrogen and oxygen atoms in total. The van der Waals surface area contributed by atoms with E-state index in [0.29, 0.717) is 12.0 Å². The summed E-state index contributed by atoms with van der Waals surface area (Å²) in [6.07, 6.45) is 10.3. The second-order valence-electron chi connectivity index (χ2n) is 6.50. The molecule has 1 saturated heterocycles. The maximum absolute atomic E-state index is 4.39. The molecule has 2 atom stereocenters. The molecule has 1 aliphatic rings. The van der Waals surface area contributed by atoms with Crippen molar-refractivity contribution in [3.05, 3.63) is 48.0 Å². The Morgan fingerprint density at radius 3 is 3.04 bits per heavy atom. The van der Waals surface area contributed by atoms with Gasteiger partial charge in [-0.25, -0.2) is 0 Å². The molecule has 0 aliphatic carbocycles. The van der Waals surface area contributed by atoms with Crippen LogP contribution in [0.25, 0.3) is 0 Å². The van der Waals surface area contributed by atoms with Crippen molar-refractivity contribution in [3.8, 4) is 0 Å². The van der Waals surface area contributed by atoms with Gasteiger partial charge in [0.2, 0.25) is 0 Å². The van der Waals surface area contributed by atoms with E-state index in [1.54, 1.807) is 0 Å². The summed E-state index contributed by atoms with van der Waals surface area (Å²) >= 11 is 0. The van der Waals surface area contributed by atoms with Gasteiger partial charge >= 0.3 is 0 Å². The minimum Gasteiger partial charge on any atom is -0.312 e. The second-order valence-corrected chi connectivity index (χ2v) is 6.50. The Morgan fingerprint density at radius 2 is 2.26 bits per heavy atom. The summed E-state index contributed by atoms with van der Waals surface area (Å²) in [4.78, 5) is 6.74. The Hall–Kier alpha value is -1.72. The van der Waals surface area contributed by atoms with Gasteiger partial charge in [-0.15, -0.1) is 0 Å². The van der Waals surface area contributed by atoms with Crippen LogP contribution in [0.5, 0.6) is 0 Å². The Morgan fingerprint density at radius 1 is 1.35 bits per heavy atom. The predicted molar refractivity (Wildman–Crippen MR) is 91.9 cm³/mol. The highest BCUT2D eigenvalue weighted by Gasteiger charge is 2.32. The van der Waals surface area contributed by atoms with E-state index in [1.165, 1.54) is 17.5 Å². The third-order valence-corrected chi connectivity index (χ3v) is 4.67. The fourth-order valence-electron chi connectivity index (χ4n) is 3.57. The molecule has 0 spiro atoms. The van der Waals surface area contributed by atoms with Gasteiger partial charge in [0.1, 0.15) is 0 Å². The molecule has 5 heteroatoms. The summed E-state index contributed by atoms with van der Waals surface area (Å²) in [5.74, 6) is 0.634. The predicted octanol–water partition coefficient (Wildman–Crippen LogP) is 2.47. The lowest BCUT2D eigenvalue weighted by molar-refractivity contribution is 0.271. The summed E-state index contributed by atoms with van der Waals surface area (Å²) in [7, 11) is 2.21. The van der Waals surface area contributed by atoms with E-state index in [2.05, 4.69) is 46.5 Å². The quantitative estimate of drug-likeness (QED) is 0.853. The zero-order valence-corrected chi connectivity index (χ0v) is 14.2. The third-order valence-electron chi connectivity index (χ3n) is 4.67. The van der Waals surface area contributed by atoms with Crippen LogP contribution in [0.15, 0.2) is 36.9 Å². The lowest BCUT2D eigenvalue weighted by atomic mass is 9.95. The van der Waals surface area contributed by atoms with Crippen molar-refractivity contribution in [2.45, 2.75) is 38.9 Å². The minimum atomic E-state index is 0.471. The van der Waals surface area contributed by atoms with Crippen LogP contribution >= 0.6 is 0 Å². The maximum Gasteiger partial charge on any atom is 0.0534 e. The third kappa shape index (κ3) is 3.98. The molecular formula is C18H27N5. The van der Waals surface area contributed by atoms with Crippen LogP contribution < -0.4 is 5.32 Å². The number of aromatic nitrogens is 3. The van der Waals surface area contributed by atoms with E-state index in [1.807, 2.05) is 29.3 Å². The summed E-state index contributed by atoms with van der Waals surface area (Å²) in [5, 5.41) is 8.01. The fourth-order valence-corrected chi connectivity index (χ4v) is 3.57. The standard InChI is InChI=1S/C18H27N5/c1-3-8-23-14-15(11-21-23)10-20-13-17-6-9-22(2)18(17)16-5-4-7-19-12-16/h4-5,7,11-12,14,17-18,20H,3,6,8-10,13H2,1-2H3/t17-,18-/m0/s1. The average molecular weight is 313 g/mol. The van der Waals surface area contributed by atoms with Gasteiger partial charge < -0.3 is 5.32 Å². The number of nitrogens with one attached hydrogen (secondary N) is 1. The zero-order chi connectivity index (χ0) is 16.1. The van der Waals surface area contributed by atoms with Gasteiger partial charge in [-0.3, -0.25) is 14.6 Å². The number of hydrogen-bond donors (Lipinski definition) is 1. The Bertz CT molecular complexity index is 594. The van der Waals surface area contributed by atoms with Crippen LogP contribution in [0.1, 0.15) is 36.9 Å². The number of pyridine rings is 1. The first-order chi connectivity index (χ1) is 11.3. The van der Waals surface area contributed by atoms with Crippen LogP contribution in [0.2, 0.25) is 0 Å². The summed E-state index contributed by atoms with van der Waals surface area (Å²) < 4.78 is 2.03. The first-order valence-electron chi connectivity index (χ1n) is 8.60. The fraction of sp³-hybridized carbons (Fsp3) is 0.556. The minimum absolute atomic E-state index is 0.471. The molecule has 23 heavy (non-hydrogen) atoms. The van der Waals surface area contributed by atoms with Crippen molar-refractivity contribution in [1.29, 1.82) is 0 Å². The number of aryl methyl sites for hydroxylation is 1. The Kier molecular flexibility index (Phi) is 5.41. The molecule has 1 aliphatic heterocycles. The molecule has 3 heterocycles. The normalized spacial score (nSPS) is 21.8. The topological polar surface area (TPSA) is 46.0 Å². The van der Waals surface area contributed by atoms with Crippen LogP contribution in [-0.4, -0.2) is 39.8 Å². The lowest BCUT2D eigenvalue weighted by Crippen LogP contribution is -2.28. The average Bonchev–Trinajstić information content (AvgIpc) is 3.16. The number of rotatable bonds is 7. The number of nitrogens with zero attached hydrogens (tertiary/aromatic N) is 4. The molecular weight excluding hydrogens is 286 g/mol. The van der Waals surface area contributed by atoms with E-state index >= 15 is 0 Å². The van der Waals surface area contributed by atoms with E-state index in [4.69, 9.17) is 0 Å². The molecule has 2 aromatic heterocycles. The van der Waals surface area contributed by atoms with E-state index in [9.17, 15) is 0 Å². The van der Waals surface area contributed by atoms with Crippen LogP contribution in [0.4, 0.5) is 0 Å². The largest absolute Gasteiger partial charge is 0.312 e. The molecule has 0 bridgehead atoms. The van der Waals surface area contributed by atoms with Gasteiger partial charge in [0.25, 0.3) is 0 Å². The molecule has 0 saturated carbocycles. The molecule has 2 aromatic rings. The zero-order valence-electron chi connectivity index (χ0n) is 14.2. The van der Waals surface area contributed by atoms with Crippen molar-refractivity contribution in [3.63, 3.8) is 0 Å². The summed E-state index contributed by atoms with van der Waals surface area (Å²) in [6, 6.07) is 4.70. The van der Waals surface area contributed by atoms with Gasteiger partial charge in [-0.05, 0) is 44.0 Å². The number of likely N-dealkylation sites (tertiary alicyclic amines) is 1. The Labute approximate surface area is 138 Å². The molecule has 1 fully saturated rings. The molecule has 3 rings (SSSR count). The van der Waals surface area contributed by atoms with Crippen molar-refractivity contribution in [2.24, 2.45) is 5.92 Å². The van der Waals surface area contributed by atoms with Gasteiger partial charge in [0, 0.05) is 49.8 Å². The summed E-state index contributed by atoms with van der Waals surface area (Å²) in [5.41, 5.74) is 2.60. The van der Waals surface area contributed by atoms with Crippen molar-refractivity contribution in [1.82, 2.24) is 25.0 Å².